The molecule has 25 heavy (non-hydrogen) atoms. The number of rotatable bonds is 4. The van der Waals surface area contributed by atoms with Crippen LogP contribution in [0.2, 0.25) is 0 Å². The van der Waals surface area contributed by atoms with E-state index in [2.05, 4.69) is 43.3 Å². The predicted molar refractivity (Wildman–Crippen MR) is 107 cm³/mol. The minimum atomic E-state index is -0.879. The zero-order valence-corrected chi connectivity index (χ0v) is 16.0. The Kier molecular flexibility index (Phi) is 6.71. The molecule has 2 aromatic carbocycles. The molecule has 3 rings (SSSR count). The minimum absolute atomic E-state index is 0. The average Bonchev–Trinajstić information content (AvgIpc) is 2.71. The number of benzene rings is 2. The summed E-state index contributed by atoms with van der Waals surface area (Å²) in [6.07, 6.45) is 3.17. The maximum Gasteiger partial charge on any atom is 0.335 e. The van der Waals surface area contributed by atoms with E-state index < -0.39 is 5.97 Å². The number of halogens is 1. The second kappa shape index (κ2) is 8.56. The van der Waals surface area contributed by atoms with Gasteiger partial charge in [0.15, 0.2) is 0 Å². The Balaban J connectivity index is 0.00000225. The van der Waals surface area contributed by atoms with Crippen LogP contribution in [0, 0.1) is 0 Å². The smallest absolute Gasteiger partial charge is 0.335 e. The van der Waals surface area contributed by atoms with Gasteiger partial charge in [-0.1, -0.05) is 30.3 Å². The van der Waals surface area contributed by atoms with Crippen LogP contribution in [0.15, 0.2) is 53.4 Å². The summed E-state index contributed by atoms with van der Waals surface area (Å²) in [6, 6.07) is 13.9. The van der Waals surface area contributed by atoms with E-state index in [1.165, 1.54) is 16.0 Å². The van der Waals surface area contributed by atoms with Crippen molar-refractivity contribution in [1.82, 2.24) is 4.90 Å². The van der Waals surface area contributed by atoms with Gasteiger partial charge < -0.3 is 10.0 Å². The fourth-order valence-corrected chi connectivity index (χ4v) is 3.96. The zero-order valence-electron chi connectivity index (χ0n) is 14.4. The summed E-state index contributed by atoms with van der Waals surface area (Å²) in [4.78, 5) is 14.8. The fourth-order valence-electron chi connectivity index (χ4n) is 2.89. The topological polar surface area (TPSA) is 40.5 Å². The molecule has 132 valence electrons. The predicted octanol–water partition coefficient (Wildman–Crippen LogP) is 4.80. The Morgan fingerprint density at radius 2 is 1.96 bits per heavy atom. The first-order valence-electron chi connectivity index (χ1n) is 8.00. The van der Waals surface area contributed by atoms with Gasteiger partial charge in [0.05, 0.1) is 5.56 Å². The molecule has 0 radical (unpaired) electrons. The molecule has 1 heterocycles. The number of hydrogen-bond acceptors (Lipinski definition) is 3. The summed E-state index contributed by atoms with van der Waals surface area (Å²) in [6.45, 7) is 0.965. The van der Waals surface area contributed by atoms with Crippen molar-refractivity contribution in [1.29, 1.82) is 0 Å². The summed E-state index contributed by atoms with van der Waals surface area (Å²) in [5, 5.41) is 9.36. The van der Waals surface area contributed by atoms with Gasteiger partial charge in [-0.15, -0.1) is 24.2 Å². The second-order valence-corrected chi connectivity index (χ2v) is 7.19. The number of nitrogens with zero attached hydrogens (tertiary/aromatic N) is 1. The number of carboxylic acids is 1. The van der Waals surface area contributed by atoms with E-state index in [1.807, 2.05) is 30.0 Å². The number of hydrogen-bond donors (Lipinski definition) is 1. The van der Waals surface area contributed by atoms with Gasteiger partial charge in [0.2, 0.25) is 0 Å². The minimum Gasteiger partial charge on any atom is -0.478 e. The van der Waals surface area contributed by atoms with Gasteiger partial charge in [-0.05, 0) is 61.0 Å². The molecule has 0 aromatic heterocycles. The van der Waals surface area contributed by atoms with E-state index >= 15 is 0 Å². The first-order valence-corrected chi connectivity index (χ1v) is 8.98. The molecule has 0 aliphatic carbocycles. The van der Waals surface area contributed by atoms with Crippen molar-refractivity contribution in [3.63, 3.8) is 0 Å². The van der Waals surface area contributed by atoms with Gasteiger partial charge in [0.1, 0.15) is 0 Å². The summed E-state index contributed by atoms with van der Waals surface area (Å²) in [5.74, 6) is -0.0207. The van der Waals surface area contributed by atoms with Crippen molar-refractivity contribution in [2.45, 2.75) is 17.1 Å². The molecule has 0 bridgehead atoms. The average molecular weight is 376 g/mol. The maximum absolute atomic E-state index is 11.4. The number of carboxylic acid groups (broad SMARTS) is 1. The van der Waals surface area contributed by atoms with E-state index in [0.29, 0.717) is 5.56 Å². The van der Waals surface area contributed by atoms with Crippen LogP contribution >= 0.6 is 24.2 Å². The highest BCUT2D eigenvalue weighted by atomic mass is 35.5. The van der Waals surface area contributed by atoms with E-state index in [1.54, 1.807) is 6.07 Å². The molecule has 0 atom stereocenters. The Labute approximate surface area is 159 Å². The summed E-state index contributed by atoms with van der Waals surface area (Å²) in [5.41, 5.74) is 4.93. The van der Waals surface area contributed by atoms with E-state index in [9.17, 15) is 9.90 Å². The highest BCUT2D eigenvalue weighted by molar-refractivity contribution is 7.98. The summed E-state index contributed by atoms with van der Waals surface area (Å²) >= 11 is 1.81. The van der Waals surface area contributed by atoms with Crippen molar-refractivity contribution in [2.24, 2.45) is 0 Å². The van der Waals surface area contributed by atoms with Crippen LogP contribution in [0.4, 0.5) is 0 Å². The third-order valence-corrected chi connectivity index (χ3v) is 5.25. The number of carbonyl (C=O) groups is 1. The van der Waals surface area contributed by atoms with Gasteiger partial charge >= 0.3 is 5.97 Å². The van der Waals surface area contributed by atoms with Crippen molar-refractivity contribution in [2.75, 3.05) is 20.6 Å². The third-order valence-electron chi connectivity index (χ3n) is 4.13. The van der Waals surface area contributed by atoms with Crippen LogP contribution in [-0.2, 0) is 5.75 Å². The largest absolute Gasteiger partial charge is 0.478 e. The first kappa shape index (κ1) is 19.6. The van der Waals surface area contributed by atoms with E-state index in [4.69, 9.17) is 0 Å². The van der Waals surface area contributed by atoms with Crippen molar-refractivity contribution >= 4 is 35.7 Å². The van der Waals surface area contributed by atoms with E-state index in [0.717, 1.165) is 29.9 Å². The number of fused-ring (bicyclic) bond motifs is 2. The van der Waals surface area contributed by atoms with Crippen molar-refractivity contribution < 1.29 is 9.90 Å². The SMILES string of the molecule is CN(C)CC/C=C1\c2cc(C(=O)O)ccc2CSc2ccccc21.Cl. The number of aromatic carboxylic acids is 1. The van der Waals surface area contributed by atoms with Crippen LogP contribution in [0.25, 0.3) is 5.57 Å². The first-order chi connectivity index (χ1) is 11.6. The maximum atomic E-state index is 11.4. The summed E-state index contributed by atoms with van der Waals surface area (Å²) in [7, 11) is 4.12. The highest BCUT2D eigenvalue weighted by Gasteiger charge is 2.19. The molecule has 5 heteroatoms. The molecule has 0 fully saturated rings. The lowest BCUT2D eigenvalue weighted by atomic mass is 9.92. The molecule has 0 saturated carbocycles. The zero-order chi connectivity index (χ0) is 17.1. The lowest BCUT2D eigenvalue weighted by molar-refractivity contribution is 0.0697. The lowest BCUT2D eigenvalue weighted by Crippen LogP contribution is -2.12. The Hall–Kier alpha value is -1.75. The van der Waals surface area contributed by atoms with Gasteiger partial charge in [-0.2, -0.15) is 0 Å². The van der Waals surface area contributed by atoms with Gasteiger partial charge in [0.25, 0.3) is 0 Å². The highest BCUT2D eigenvalue weighted by Crippen LogP contribution is 2.40. The Morgan fingerprint density at radius 1 is 1.20 bits per heavy atom. The summed E-state index contributed by atoms with van der Waals surface area (Å²) < 4.78 is 0. The quantitative estimate of drug-likeness (QED) is 0.833. The van der Waals surface area contributed by atoms with E-state index in [-0.39, 0.29) is 12.4 Å². The lowest BCUT2D eigenvalue weighted by Gasteiger charge is -2.13. The molecule has 0 saturated heterocycles. The fraction of sp³-hybridized carbons (Fsp3) is 0.250. The third kappa shape index (κ3) is 4.46. The molecule has 0 amide bonds. The Bertz CT molecular complexity index is 802. The van der Waals surface area contributed by atoms with Crippen LogP contribution in [0.5, 0.6) is 0 Å². The molecule has 0 unspecified atom stereocenters. The van der Waals surface area contributed by atoms with Crippen LogP contribution in [-0.4, -0.2) is 36.6 Å². The normalized spacial score (nSPS) is 14.4. The molecule has 3 nitrogen and oxygen atoms in total. The molecule has 0 spiro atoms. The molecule has 1 N–H and O–H groups in total. The monoisotopic (exact) mass is 375 g/mol. The number of thioether (sulfide) groups is 1. The van der Waals surface area contributed by atoms with Crippen LogP contribution in [0.3, 0.4) is 0 Å². The molecule has 1 aliphatic rings. The molecule has 1 aliphatic heterocycles. The molecular weight excluding hydrogens is 354 g/mol. The standard InChI is InChI=1S/C20H21NO2S.ClH/c1-21(2)11-5-7-16-17-6-3-4-8-19(17)24-13-15-10-9-14(20(22)23)12-18(15)16;/h3-4,6-10,12H,5,11,13H2,1-2H3,(H,22,23);1H/b16-7-;. The Morgan fingerprint density at radius 3 is 2.68 bits per heavy atom. The molecule has 2 aromatic rings. The second-order valence-electron chi connectivity index (χ2n) is 6.17. The van der Waals surface area contributed by atoms with Gasteiger partial charge in [-0.25, -0.2) is 4.79 Å². The van der Waals surface area contributed by atoms with Crippen LogP contribution in [0.1, 0.15) is 33.5 Å². The molecular formula is C20H22ClNO2S. The van der Waals surface area contributed by atoms with Crippen molar-refractivity contribution in [3.05, 3.63) is 70.8 Å². The van der Waals surface area contributed by atoms with Gasteiger partial charge in [-0.3, -0.25) is 0 Å². The van der Waals surface area contributed by atoms with Crippen molar-refractivity contribution in [3.8, 4) is 0 Å². The van der Waals surface area contributed by atoms with Crippen LogP contribution < -0.4 is 0 Å². The van der Waals surface area contributed by atoms with Gasteiger partial charge in [0, 0.05) is 17.2 Å².